The smallest absolute Gasteiger partial charge is 0.257 e. The number of H-pyrrole nitrogens is 2. The SMILES string of the molecule is CNC(=O)COc1ccc2[nH]c(-c3cc4ccccc4[nH]c3=O)cc2c1. The van der Waals surface area contributed by atoms with Crippen LogP contribution in [0.1, 0.15) is 0 Å². The number of amides is 1. The molecule has 6 heteroatoms. The zero-order chi connectivity index (χ0) is 18.1. The summed E-state index contributed by atoms with van der Waals surface area (Å²) in [6, 6.07) is 16.9. The lowest BCUT2D eigenvalue weighted by Crippen LogP contribution is -2.24. The number of hydrogen-bond donors (Lipinski definition) is 3. The van der Waals surface area contributed by atoms with E-state index in [1.807, 2.05) is 48.5 Å². The highest BCUT2D eigenvalue weighted by atomic mass is 16.5. The van der Waals surface area contributed by atoms with Crippen LogP contribution < -0.4 is 15.6 Å². The minimum absolute atomic E-state index is 0.0381. The maximum atomic E-state index is 12.4. The summed E-state index contributed by atoms with van der Waals surface area (Å²) in [7, 11) is 1.56. The highest BCUT2D eigenvalue weighted by Gasteiger charge is 2.10. The molecule has 1 amide bonds. The van der Waals surface area contributed by atoms with Gasteiger partial charge in [0.25, 0.3) is 11.5 Å². The standard InChI is InChI=1S/C20H17N3O3/c1-21-19(24)11-26-14-6-7-17-13(8-14)10-18(22-17)15-9-12-4-2-3-5-16(12)23-20(15)25/h2-10,22H,11H2,1H3,(H,21,24)(H,23,25). The molecule has 6 nitrogen and oxygen atoms in total. The average molecular weight is 347 g/mol. The molecule has 2 heterocycles. The van der Waals surface area contributed by atoms with E-state index in [4.69, 9.17) is 4.74 Å². The lowest BCUT2D eigenvalue weighted by molar-refractivity contribution is -0.122. The Kier molecular flexibility index (Phi) is 3.93. The summed E-state index contributed by atoms with van der Waals surface area (Å²) >= 11 is 0. The van der Waals surface area contributed by atoms with Crippen molar-refractivity contribution in [1.29, 1.82) is 0 Å². The lowest BCUT2D eigenvalue weighted by Gasteiger charge is -2.04. The van der Waals surface area contributed by atoms with Crippen LogP contribution in [0.3, 0.4) is 0 Å². The summed E-state index contributed by atoms with van der Waals surface area (Å²) in [6.07, 6.45) is 0. The van der Waals surface area contributed by atoms with Crippen molar-refractivity contribution in [2.75, 3.05) is 13.7 Å². The molecule has 0 saturated carbocycles. The molecule has 0 aliphatic rings. The summed E-state index contributed by atoms with van der Waals surface area (Å²) in [4.78, 5) is 29.9. The number of likely N-dealkylation sites (N-methyl/N-ethyl adjacent to an activating group) is 1. The Bertz CT molecular complexity index is 1170. The van der Waals surface area contributed by atoms with E-state index in [1.54, 1.807) is 13.1 Å². The molecule has 0 bridgehead atoms. The van der Waals surface area contributed by atoms with Crippen LogP contribution in [0.15, 0.2) is 59.4 Å². The van der Waals surface area contributed by atoms with E-state index in [1.165, 1.54) is 0 Å². The number of benzene rings is 2. The maximum Gasteiger partial charge on any atom is 0.257 e. The monoisotopic (exact) mass is 347 g/mol. The van der Waals surface area contributed by atoms with Gasteiger partial charge in [-0.15, -0.1) is 0 Å². The molecule has 4 aromatic rings. The number of carbonyl (C=O) groups is 1. The fourth-order valence-corrected chi connectivity index (χ4v) is 2.91. The van der Waals surface area contributed by atoms with Crippen LogP contribution in [0.2, 0.25) is 0 Å². The van der Waals surface area contributed by atoms with E-state index < -0.39 is 0 Å². The van der Waals surface area contributed by atoms with Crippen molar-refractivity contribution in [3.63, 3.8) is 0 Å². The number of aromatic nitrogens is 2. The number of carbonyl (C=O) groups excluding carboxylic acids is 1. The normalized spacial score (nSPS) is 11.0. The molecule has 0 spiro atoms. The Morgan fingerprint density at radius 3 is 2.65 bits per heavy atom. The summed E-state index contributed by atoms with van der Waals surface area (Å²) < 4.78 is 5.47. The number of rotatable bonds is 4. The van der Waals surface area contributed by atoms with Crippen LogP contribution in [0.5, 0.6) is 5.75 Å². The van der Waals surface area contributed by atoms with Gasteiger partial charge in [0.15, 0.2) is 6.61 Å². The van der Waals surface area contributed by atoms with Crippen LogP contribution >= 0.6 is 0 Å². The molecule has 0 fully saturated rings. The summed E-state index contributed by atoms with van der Waals surface area (Å²) in [5.41, 5.74) is 2.86. The first kappa shape index (κ1) is 16.0. The molecule has 0 atom stereocenters. The summed E-state index contributed by atoms with van der Waals surface area (Å²) in [5.74, 6) is 0.404. The zero-order valence-electron chi connectivity index (χ0n) is 14.1. The molecule has 2 aromatic carbocycles. The van der Waals surface area contributed by atoms with Crippen molar-refractivity contribution in [3.05, 3.63) is 65.0 Å². The van der Waals surface area contributed by atoms with Gasteiger partial charge < -0.3 is 20.0 Å². The first-order chi connectivity index (χ1) is 12.6. The second-order valence-corrected chi connectivity index (χ2v) is 5.99. The van der Waals surface area contributed by atoms with Gasteiger partial charge in [0.2, 0.25) is 0 Å². The van der Waals surface area contributed by atoms with Crippen LogP contribution in [0.4, 0.5) is 0 Å². The Balaban J connectivity index is 1.72. The molecule has 4 rings (SSSR count). The maximum absolute atomic E-state index is 12.4. The predicted octanol–water partition coefficient (Wildman–Crippen LogP) is 2.80. The first-order valence-electron chi connectivity index (χ1n) is 8.22. The van der Waals surface area contributed by atoms with Crippen molar-refractivity contribution in [3.8, 4) is 17.0 Å². The molecule has 3 N–H and O–H groups in total. The van der Waals surface area contributed by atoms with Gasteiger partial charge in [-0.2, -0.15) is 0 Å². The molecule has 0 unspecified atom stereocenters. The molecular weight excluding hydrogens is 330 g/mol. The topological polar surface area (TPSA) is 87.0 Å². The molecule has 0 aliphatic carbocycles. The highest BCUT2D eigenvalue weighted by Crippen LogP contribution is 2.26. The third kappa shape index (κ3) is 2.93. The van der Waals surface area contributed by atoms with E-state index in [0.717, 1.165) is 27.5 Å². The van der Waals surface area contributed by atoms with E-state index in [0.29, 0.717) is 11.3 Å². The van der Waals surface area contributed by atoms with Gasteiger partial charge in [0, 0.05) is 23.5 Å². The number of nitrogens with one attached hydrogen (secondary N) is 3. The van der Waals surface area contributed by atoms with Gasteiger partial charge >= 0.3 is 0 Å². The van der Waals surface area contributed by atoms with Gasteiger partial charge in [-0.25, -0.2) is 0 Å². The van der Waals surface area contributed by atoms with E-state index >= 15 is 0 Å². The zero-order valence-corrected chi connectivity index (χ0v) is 14.1. The number of para-hydroxylation sites is 1. The predicted molar refractivity (Wildman–Crippen MR) is 101 cm³/mol. The molecular formula is C20H17N3O3. The number of fused-ring (bicyclic) bond motifs is 2. The van der Waals surface area contributed by atoms with Crippen molar-refractivity contribution in [2.24, 2.45) is 0 Å². The minimum atomic E-state index is -0.192. The quantitative estimate of drug-likeness (QED) is 0.530. The third-order valence-corrected chi connectivity index (χ3v) is 4.28. The van der Waals surface area contributed by atoms with Crippen LogP contribution in [-0.4, -0.2) is 29.5 Å². The molecule has 0 aliphatic heterocycles. The van der Waals surface area contributed by atoms with Crippen molar-refractivity contribution in [2.45, 2.75) is 0 Å². The van der Waals surface area contributed by atoms with E-state index in [-0.39, 0.29) is 18.1 Å². The van der Waals surface area contributed by atoms with Crippen molar-refractivity contribution < 1.29 is 9.53 Å². The second-order valence-electron chi connectivity index (χ2n) is 5.99. The molecule has 26 heavy (non-hydrogen) atoms. The van der Waals surface area contributed by atoms with Gasteiger partial charge in [0.1, 0.15) is 5.75 Å². The van der Waals surface area contributed by atoms with E-state index in [2.05, 4.69) is 15.3 Å². The van der Waals surface area contributed by atoms with Crippen LogP contribution in [0.25, 0.3) is 33.1 Å². The number of pyridine rings is 1. The van der Waals surface area contributed by atoms with Gasteiger partial charge in [-0.3, -0.25) is 9.59 Å². The summed E-state index contributed by atoms with van der Waals surface area (Å²) in [5, 5.41) is 4.38. The van der Waals surface area contributed by atoms with E-state index in [9.17, 15) is 9.59 Å². The van der Waals surface area contributed by atoms with Gasteiger partial charge in [-0.05, 0) is 41.8 Å². The van der Waals surface area contributed by atoms with Gasteiger partial charge in [-0.1, -0.05) is 18.2 Å². The Morgan fingerprint density at radius 2 is 1.81 bits per heavy atom. The van der Waals surface area contributed by atoms with Crippen molar-refractivity contribution >= 4 is 27.7 Å². The largest absolute Gasteiger partial charge is 0.484 e. The van der Waals surface area contributed by atoms with Gasteiger partial charge in [0.05, 0.1) is 11.3 Å². The Morgan fingerprint density at radius 1 is 1.00 bits per heavy atom. The fourth-order valence-electron chi connectivity index (χ4n) is 2.91. The molecule has 130 valence electrons. The first-order valence-corrected chi connectivity index (χ1v) is 8.22. The molecule has 2 aromatic heterocycles. The minimum Gasteiger partial charge on any atom is -0.484 e. The average Bonchev–Trinajstić information content (AvgIpc) is 3.08. The number of ether oxygens (including phenoxy) is 1. The fraction of sp³-hybridized carbons (Fsp3) is 0.100. The molecule has 0 radical (unpaired) electrons. The molecule has 0 saturated heterocycles. The summed E-state index contributed by atoms with van der Waals surface area (Å²) in [6.45, 7) is -0.0381. The Hall–Kier alpha value is -3.54. The second kappa shape index (κ2) is 6.40. The third-order valence-electron chi connectivity index (χ3n) is 4.28. The number of hydrogen-bond acceptors (Lipinski definition) is 3. The Labute approximate surface area is 148 Å². The lowest BCUT2D eigenvalue weighted by atomic mass is 10.1. The number of aromatic amines is 2. The highest BCUT2D eigenvalue weighted by molar-refractivity contribution is 5.89. The van der Waals surface area contributed by atoms with Crippen LogP contribution in [-0.2, 0) is 4.79 Å². The van der Waals surface area contributed by atoms with Crippen molar-refractivity contribution in [1.82, 2.24) is 15.3 Å². The van der Waals surface area contributed by atoms with Crippen LogP contribution in [0, 0.1) is 0 Å².